The third-order valence-electron chi connectivity index (χ3n) is 2.58. The van der Waals surface area contributed by atoms with Gasteiger partial charge in [-0.15, -0.1) is 0 Å². The molecular formula is C14H20Cl2N2O3. The molecule has 1 heterocycles. The minimum Gasteiger partial charge on any atom is -0.458 e. The molecule has 1 atom stereocenters. The number of ether oxygens (including phenoxy) is 1. The van der Waals surface area contributed by atoms with E-state index in [-0.39, 0.29) is 21.8 Å². The zero-order valence-electron chi connectivity index (χ0n) is 12.7. The third kappa shape index (κ3) is 5.25. The molecule has 0 saturated carbocycles. The van der Waals surface area contributed by atoms with E-state index in [4.69, 9.17) is 27.9 Å². The Hall–Kier alpha value is -1.20. The lowest BCUT2D eigenvalue weighted by molar-refractivity contribution is -0.158. The molecule has 2 N–H and O–H groups in total. The molecule has 1 rings (SSSR count). The monoisotopic (exact) mass is 334 g/mol. The third-order valence-corrected chi connectivity index (χ3v) is 3.28. The van der Waals surface area contributed by atoms with Gasteiger partial charge in [0.25, 0.3) is 5.91 Å². The SMILES string of the molecule is CC(C)[C@@H](NC(=O)c1cc(Cl)c(Cl)[nH]1)C(=O)OC(C)(C)C. The van der Waals surface area contributed by atoms with Gasteiger partial charge in [0.15, 0.2) is 0 Å². The predicted molar refractivity (Wildman–Crippen MR) is 82.7 cm³/mol. The van der Waals surface area contributed by atoms with Gasteiger partial charge < -0.3 is 15.0 Å². The van der Waals surface area contributed by atoms with Crippen LogP contribution in [0.4, 0.5) is 0 Å². The summed E-state index contributed by atoms with van der Waals surface area (Å²) < 4.78 is 5.31. The highest BCUT2D eigenvalue weighted by Crippen LogP contribution is 2.22. The van der Waals surface area contributed by atoms with Gasteiger partial charge in [-0.1, -0.05) is 37.0 Å². The van der Waals surface area contributed by atoms with Crippen LogP contribution >= 0.6 is 23.2 Å². The number of esters is 1. The average Bonchev–Trinajstić information content (AvgIpc) is 2.63. The lowest BCUT2D eigenvalue weighted by Gasteiger charge is -2.26. The Morgan fingerprint density at radius 1 is 1.29 bits per heavy atom. The molecular weight excluding hydrogens is 315 g/mol. The van der Waals surface area contributed by atoms with Gasteiger partial charge in [0, 0.05) is 0 Å². The molecule has 0 aliphatic rings. The number of aromatic nitrogens is 1. The zero-order valence-corrected chi connectivity index (χ0v) is 14.2. The average molecular weight is 335 g/mol. The first-order valence-corrected chi connectivity index (χ1v) is 7.34. The Bertz CT molecular complexity index is 513. The van der Waals surface area contributed by atoms with E-state index in [0.29, 0.717) is 0 Å². The van der Waals surface area contributed by atoms with Crippen molar-refractivity contribution in [1.29, 1.82) is 0 Å². The van der Waals surface area contributed by atoms with E-state index in [2.05, 4.69) is 10.3 Å². The van der Waals surface area contributed by atoms with Crippen LogP contribution in [-0.2, 0) is 9.53 Å². The van der Waals surface area contributed by atoms with Crippen molar-refractivity contribution in [2.75, 3.05) is 0 Å². The van der Waals surface area contributed by atoms with Crippen molar-refractivity contribution in [3.8, 4) is 0 Å². The second-order valence-corrected chi connectivity index (χ2v) is 6.86. The maximum atomic E-state index is 12.1. The van der Waals surface area contributed by atoms with Crippen molar-refractivity contribution in [2.45, 2.75) is 46.3 Å². The molecule has 0 fully saturated rings. The van der Waals surface area contributed by atoms with Gasteiger partial charge in [-0.3, -0.25) is 4.79 Å². The van der Waals surface area contributed by atoms with Crippen LogP contribution in [0.15, 0.2) is 6.07 Å². The van der Waals surface area contributed by atoms with Crippen molar-refractivity contribution in [2.24, 2.45) is 5.92 Å². The Morgan fingerprint density at radius 2 is 1.86 bits per heavy atom. The molecule has 7 heteroatoms. The van der Waals surface area contributed by atoms with Crippen molar-refractivity contribution < 1.29 is 14.3 Å². The van der Waals surface area contributed by atoms with Crippen molar-refractivity contribution in [1.82, 2.24) is 10.3 Å². The molecule has 1 aromatic heterocycles. The summed E-state index contributed by atoms with van der Waals surface area (Å²) in [5.41, 5.74) is -0.423. The van der Waals surface area contributed by atoms with E-state index in [0.717, 1.165) is 0 Å². The number of halogens is 2. The number of hydrogen-bond donors (Lipinski definition) is 2. The maximum Gasteiger partial charge on any atom is 0.329 e. The van der Waals surface area contributed by atoms with Gasteiger partial charge in [0.1, 0.15) is 22.5 Å². The molecule has 0 unspecified atom stereocenters. The number of amides is 1. The van der Waals surface area contributed by atoms with E-state index in [1.165, 1.54) is 6.07 Å². The van der Waals surface area contributed by atoms with Crippen molar-refractivity contribution >= 4 is 35.1 Å². The van der Waals surface area contributed by atoms with Crippen molar-refractivity contribution in [3.05, 3.63) is 21.9 Å². The number of nitrogens with one attached hydrogen (secondary N) is 2. The fraction of sp³-hybridized carbons (Fsp3) is 0.571. The van der Waals surface area contributed by atoms with Crippen LogP contribution < -0.4 is 5.32 Å². The first-order chi connectivity index (χ1) is 9.51. The summed E-state index contributed by atoms with van der Waals surface area (Å²) in [7, 11) is 0. The standard InChI is InChI=1S/C14H20Cl2N2O3/c1-7(2)10(13(20)21-14(3,4)5)18-12(19)9-6-8(15)11(16)17-9/h6-7,10,17H,1-5H3,(H,18,19)/t10-/m1/s1. The first-order valence-electron chi connectivity index (χ1n) is 6.59. The Labute approximate surface area is 134 Å². The predicted octanol–water partition coefficient (Wildman–Crippen LogP) is 3.42. The number of carbonyl (C=O) groups excluding carboxylic acids is 2. The lowest BCUT2D eigenvalue weighted by atomic mass is 10.0. The van der Waals surface area contributed by atoms with E-state index in [1.807, 2.05) is 13.8 Å². The highest BCUT2D eigenvalue weighted by molar-refractivity contribution is 6.41. The Kier molecular flexibility index (Phi) is 5.70. The van der Waals surface area contributed by atoms with Crippen LogP contribution in [0, 0.1) is 5.92 Å². The van der Waals surface area contributed by atoms with Crippen LogP contribution in [-0.4, -0.2) is 28.5 Å². The van der Waals surface area contributed by atoms with E-state index in [9.17, 15) is 9.59 Å². The van der Waals surface area contributed by atoms with Crippen LogP contribution in [0.5, 0.6) is 0 Å². The molecule has 0 aliphatic carbocycles. The number of carbonyl (C=O) groups is 2. The van der Waals surface area contributed by atoms with Crippen LogP contribution in [0.25, 0.3) is 0 Å². The largest absolute Gasteiger partial charge is 0.458 e. The van der Waals surface area contributed by atoms with E-state index >= 15 is 0 Å². The zero-order chi connectivity index (χ0) is 16.4. The molecule has 0 radical (unpaired) electrons. The van der Waals surface area contributed by atoms with E-state index in [1.54, 1.807) is 20.8 Å². The molecule has 0 aromatic carbocycles. The topological polar surface area (TPSA) is 71.2 Å². The lowest BCUT2D eigenvalue weighted by Crippen LogP contribution is -2.47. The molecule has 0 saturated heterocycles. The minimum atomic E-state index is -0.752. The first kappa shape index (κ1) is 17.9. The van der Waals surface area contributed by atoms with Crippen molar-refractivity contribution in [3.63, 3.8) is 0 Å². The number of H-pyrrole nitrogens is 1. The number of hydrogen-bond acceptors (Lipinski definition) is 3. The summed E-state index contributed by atoms with van der Waals surface area (Å²) in [6, 6.07) is 0.656. The molecule has 0 spiro atoms. The van der Waals surface area contributed by atoms with Gasteiger partial charge in [0.2, 0.25) is 0 Å². The molecule has 0 bridgehead atoms. The smallest absolute Gasteiger partial charge is 0.329 e. The normalized spacial score (nSPS) is 13.1. The van der Waals surface area contributed by atoms with Gasteiger partial charge >= 0.3 is 5.97 Å². The highest BCUT2D eigenvalue weighted by atomic mass is 35.5. The fourth-order valence-electron chi connectivity index (χ4n) is 1.61. The van der Waals surface area contributed by atoms with Crippen LogP contribution in [0.2, 0.25) is 10.2 Å². The van der Waals surface area contributed by atoms with Crippen LogP contribution in [0.1, 0.15) is 45.1 Å². The number of rotatable bonds is 4. The molecule has 1 aromatic rings. The summed E-state index contributed by atoms with van der Waals surface area (Å²) in [5.74, 6) is -1.06. The number of aromatic amines is 1. The Balaban J connectivity index is 2.83. The summed E-state index contributed by atoms with van der Waals surface area (Å²) in [5, 5.41) is 3.06. The quantitative estimate of drug-likeness (QED) is 0.828. The summed E-state index contributed by atoms with van der Waals surface area (Å²) in [4.78, 5) is 26.9. The molecule has 21 heavy (non-hydrogen) atoms. The van der Waals surface area contributed by atoms with Gasteiger partial charge in [-0.2, -0.15) is 0 Å². The van der Waals surface area contributed by atoms with Gasteiger partial charge in [-0.25, -0.2) is 4.79 Å². The maximum absolute atomic E-state index is 12.1. The minimum absolute atomic E-state index is 0.121. The molecule has 5 nitrogen and oxygen atoms in total. The summed E-state index contributed by atoms with van der Waals surface area (Å²) in [6.45, 7) is 8.96. The molecule has 1 amide bonds. The second kappa shape index (κ2) is 6.71. The second-order valence-electron chi connectivity index (χ2n) is 6.07. The summed E-state index contributed by atoms with van der Waals surface area (Å²) >= 11 is 11.6. The summed E-state index contributed by atoms with van der Waals surface area (Å²) in [6.07, 6.45) is 0. The van der Waals surface area contributed by atoms with Gasteiger partial charge in [0.05, 0.1) is 5.02 Å². The highest BCUT2D eigenvalue weighted by Gasteiger charge is 2.29. The van der Waals surface area contributed by atoms with E-state index < -0.39 is 23.5 Å². The molecule has 0 aliphatic heterocycles. The van der Waals surface area contributed by atoms with Crippen LogP contribution in [0.3, 0.4) is 0 Å². The Morgan fingerprint density at radius 3 is 2.24 bits per heavy atom. The van der Waals surface area contributed by atoms with Gasteiger partial charge in [-0.05, 0) is 32.8 Å². The fourth-order valence-corrected chi connectivity index (χ4v) is 1.92. The molecule has 118 valence electrons.